The molecule has 0 aromatic carbocycles. The Morgan fingerprint density at radius 1 is 1.56 bits per heavy atom. The zero-order chi connectivity index (χ0) is 13.9. The van der Waals surface area contributed by atoms with Crippen molar-refractivity contribution in [3.8, 4) is 0 Å². The van der Waals surface area contributed by atoms with Crippen LogP contribution in [-0.4, -0.2) is 56.7 Å². The van der Waals surface area contributed by atoms with Crippen LogP contribution in [0.2, 0.25) is 0 Å². The lowest BCUT2D eigenvalue weighted by atomic mass is 10.2. The topological polar surface area (TPSA) is 69.6 Å². The molecule has 0 aromatic rings. The van der Waals surface area contributed by atoms with Crippen LogP contribution in [0.15, 0.2) is 0 Å². The summed E-state index contributed by atoms with van der Waals surface area (Å²) in [5.74, 6) is -0.485. The number of carbonyl (C=O) groups excluding carboxylic acids is 1. The minimum atomic E-state index is -0.939. The van der Waals surface area contributed by atoms with Crippen molar-refractivity contribution in [3.05, 3.63) is 0 Å². The first kappa shape index (κ1) is 15.5. The van der Waals surface area contributed by atoms with Crippen molar-refractivity contribution >= 4 is 35.5 Å². The smallest absolute Gasteiger partial charge is 0.327 e. The molecule has 0 radical (unpaired) electrons. The van der Waals surface area contributed by atoms with E-state index in [-0.39, 0.29) is 16.2 Å². The van der Waals surface area contributed by atoms with Gasteiger partial charge in [-0.25, -0.2) is 9.59 Å². The number of aliphatic carboxylic acids is 1. The summed E-state index contributed by atoms with van der Waals surface area (Å²) in [6.07, 6.45) is 1.99. The van der Waals surface area contributed by atoms with E-state index >= 15 is 0 Å². The van der Waals surface area contributed by atoms with Crippen molar-refractivity contribution in [2.24, 2.45) is 0 Å². The number of carboxylic acids is 1. The predicted molar refractivity (Wildman–Crippen MR) is 76.2 cm³/mol. The van der Waals surface area contributed by atoms with Crippen LogP contribution in [0, 0.1) is 0 Å². The Morgan fingerprint density at radius 2 is 2.17 bits per heavy atom. The molecule has 18 heavy (non-hydrogen) atoms. The van der Waals surface area contributed by atoms with Gasteiger partial charge in [-0.1, -0.05) is 0 Å². The molecule has 2 unspecified atom stereocenters. The molecule has 1 saturated heterocycles. The maximum Gasteiger partial charge on any atom is 0.327 e. The van der Waals surface area contributed by atoms with Gasteiger partial charge < -0.3 is 10.4 Å². The number of amides is 2. The van der Waals surface area contributed by atoms with Crippen molar-refractivity contribution in [3.63, 3.8) is 0 Å². The first-order valence-corrected chi connectivity index (χ1v) is 8.01. The standard InChI is InChI=1S/C11H20N2O3S2/c1-7-13(8(5-18-7)9(14)15)10(16)12-6-11(2,3)17-4/h7-8H,5-6H2,1-4H3,(H,12,16)(H,14,15). The fraction of sp³-hybridized carbons (Fsp3) is 0.818. The van der Waals surface area contributed by atoms with Crippen LogP contribution in [0.4, 0.5) is 4.79 Å². The highest BCUT2D eigenvalue weighted by Crippen LogP contribution is 2.29. The van der Waals surface area contributed by atoms with E-state index in [0.29, 0.717) is 12.3 Å². The van der Waals surface area contributed by atoms with Crippen LogP contribution < -0.4 is 5.32 Å². The number of rotatable bonds is 4. The SMILES string of the molecule is CSC(C)(C)CNC(=O)N1C(C)SCC1C(=O)O. The Balaban J connectivity index is 2.62. The van der Waals surface area contributed by atoms with E-state index in [2.05, 4.69) is 5.32 Å². The monoisotopic (exact) mass is 292 g/mol. The summed E-state index contributed by atoms with van der Waals surface area (Å²) in [7, 11) is 0. The first-order valence-electron chi connectivity index (χ1n) is 5.74. The number of hydrogen-bond donors (Lipinski definition) is 2. The van der Waals surface area contributed by atoms with Crippen molar-refractivity contribution in [1.29, 1.82) is 0 Å². The minimum absolute atomic E-state index is 0.0511. The maximum absolute atomic E-state index is 12.1. The van der Waals surface area contributed by atoms with E-state index in [0.717, 1.165) is 0 Å². The quantitative estimate of drug-likeness (QED) is 0.825. The van der Waals surface area contributed by atoms with Crippen molar-refractivity contribution < 1.29 is 14.7 Å². The summed E-state index contributed by atoms with van der Waals surface area (Å²) in [4.78, 5) is 24.6. The largest absolute Gasteiger partial charge is 0.480 e. The van der Waals surface area contributed by atoms with E-state index in [1.54, 1.807) is 11.8 Å². The van der Waals surface area contributed by atoms with Gasteiger partial charge in [0.05, 0.1) is 5.37 Å². The molecule has 2 atom stereocenters. The third-order valence-corrected chi connectivity index (χ3v) is 5.43. The number of thioether (sulfide) groups is 2. The van der Waals surface area contributed by atoms with Gasteiger partial charge in [-0.15, -0.1) is 11.8 Å². The molecule has 0 aliphatic carbocycles. The van der Waals surface area contributed by atoms with E-state index in [1.165, 1.54) is 16.7 Å². The summed E-state index contributed by atoms with van der Waals surface area (Å²) in [5.41, 5.74) is 0. The molecule has 7 heteroatoms. The van der Waals surface area contributed by atoms with Crippen LogP contribution in [0.5, 0.6) is 0 Å². The van der Waals surface area contributed by atoms with Crippen molar-refractivity contribution in [2.75, 3.05) is 18.6 Å². The second kappa shape index (κ2) is 6.06. The van der Waals surface area contributed by atoms with E-state index in [9.17, 15) is 9.59 Å². The van der Waals surface area contributed by atoms with Gasteiger partial charge in [0.15, 0.2) is 0 Å². The van der Waals surface area contributed by atoms with E-state index < -0.39 is 12.0 Å². The van der Waals surface area contributed by atoms with E-state index in [1.807, 2.05) is 27.0 Å². The molecule has 1 heterocycles. The molecule has 104 valence electrons. The Bertz CT molecular complexity index is 336. The molecule has 1 aliphatic heterocycles. The zero-order valence-corrected chi connectivity index (χ0v) is 12.7. The van der Waals surface area contributed by atoms with E-state index in [4.69, 9.17) is 5.11 Å². The summed E-state index contributed by atoms with van der Waals surface area (Å²) < 4.78 is -0.0511. The summed E-state index contributed by atoms with van der Waals surface area (Å²) in [6, 6.07) is -1.01. The lowest BCUT2D eigenvalue weighted by Crippen LogP contribution is -2.51. The lowest BCUT2D eigenvalue weighted by molar-refractivity contribution is -0.141. The Hall–Kier alpha value is -0.560. The van der Waals surface area contributed by atoms with Gasteiger partial charge in [0.1, 0.15) is 6.04 Å². The highest BCUT2D eigenvalue weighted by Gasteiger charge is 2.39. The number of carboxylic acid groups (broad SMARTS) is 1. The number of carbonyl (C=O) groups is 2. The van der Waals surface area contributed by atoms with Crippen LogP contribution in [-0.2, 0) is 4.79 Å². The average molecular weight is 292 g/mol. The molecule has 1 fully saturated rings. The number of hydrogen-bond acceptors (Lipinski definition) is 4. The highest BCUT2D eigenvalue weighted by molar-refractivity contribution is 8.00. The Kier molecular flexibility index (Phi) is 5.21. The molecule has 5 nitrogen and oxygen atoms in total. The molecule has 0 saturated carbocycles. The normalized spacial score (nSPS) is 24.1. The van der Waals surface area contributed by atoms with Gasteiger partial charge in [0.25, 0.3) is 0 Å². The van der Waals surface area contributed by atoms with Gasteiger partial charge in [-0.3, -0.25) is 4.90 Å². The minimum Gasteiger partial charge on any atom is -0.480 e. The number of nitrogens with zero attached hydrogens (tertiary/aromatic N) is 1. The molecule has 0 aromatic heterocycles. The van der Waals surface area contributed by atoms with Gasteiger partial charge in [0.2, 0.25) is 0 Å². The van der Waals surface area contributed by atoms with Gasteiger partial charge in [-0.05, 0) is 27.0 Å². The summed E-state index contributed by atoms with van der Waals surface area (Å²) in [6.45, 7) is 6.45. The average Bonchev–Trinajstić information content (AvgIpc) is 2.68. The lowest BCUT2D eigenvalue weighted by Gasteiger charge is -2.28. The highest BCUT2D eigenvalue weighted by atomic mass is 32.2. The molecule has 2 amide bonds. The predicted octanol–water partition coefficient (Wildman–Crippen LogP) is 1.69. The first-order chi connectivity index (χ1) is 8.28. The number of urea groups is 1. The Morgan fingerprint density at radius 3 is 2.67 bits per heavy atom. The second-order valence-electron chi connectivity index (χ2n) is 4.82. The number of nitrogens with one attached hydrogen (secondary N) is 1. The molecule has 1 rings (SSSR count). The van der Waals surface area contributed by atoms with Crippen LogP contribution >= 0.6 is 23.5 Å². The fourth-order valence-electron chi connectivity index (χ4n) is 1.59. The molecule has 0 spiro atoms. The molecular formula is C11H20N2O3S2. The van der Waals surface area contributed by atoms with Gasteiger partial charge in [0, 0.05) is 17.0 Å². The van der Waals surface area contributed by atoms with Crippen LogP contribution in [0.1, 0.15) is 20.8 Å². The van der Waals surface area contributed by atoms with Crippen molar-refractivity contribution in [1.82, 2.24) is 10.2 Å². The third-order valence-electron chi connectivity index (χ3n) is 2.96. The van der Waals surface area contributed by atoms with Gasteiger partial charge >= 0.3 is 12.0 Å². The molecule has 0 bridgehead atoms. The molecular weight excluding hydrogens is 272 g/mol. The Labute approximate surface area is 116 Å². The zero-order valence-electron chi connectivity index (χ0n) is 11.1. The second-order valence-corrected chi connectivity index (χ2v) is 7.68. The van der Waals surface area contributed by atoms with Gasteiger partial charge in [-0.2, -0.15) is 11.8 Å². The van der Waals surface area contributed by atoms with Crippen LogP contribution in [0.3, 0.4) is 0 Å². The summed E-state index contributed by atoms with van der Waals surface area (Å²) in [5, 5.41) is 11.8. The molecule has 2 N–H and O–H groups in total. The third kappa shape index (κ3) is 3.71. The maximum atomic E-state index is 12.1. The fourth-order valence-corrected chi connectivity index (χ4v) is 2.98. The van der Waals surface area contributed by atoms with Crippen molar-refractivity contribution in [2.45, 2.75) is 36.9 Å². The van der Waals surface area contributed by atoms with Crippen LogP contribution in [0.25, 0.3) is 0 Å². The molecule has 1 aliphatic rings. The summed E-state index contributed by atoms with van der Waals surface area (Å²) >= 11 is 3.15.